The molecule has 0 amide bonds. The zero-order chi connectivity index (χ0) is 12.4. The number of likely N-dealkylation sites (tertiary alicyclic amines) is 1. The first-order valence-electron chi connectivity index (χ1n) is 5.55. The lowest BCUT2D eigenvalue weighted by atomic mass is 9.99. The van der Waals surface area contributed by atoms with Crippen molar-refractivity contribution in [2.45, 2.75) is 45.2 Å². The SMILES string of the molecule is CC(C)(C)N1CCC(NS(=O)(=O)CCl)CC1. The molecule has 0 radical (unpaired) electrons. The summed E-state index contributed by atoms with van der Waals surface area (Å²) in [7, 11) is -3.28. The minimum Gasteiger partial charge on any atom is -0.298 e. The van der Waals surface area contributed by atoms with Crippen LogP contribution in [0.25, 0.3) is 0 Å². The Morgan fingerprint density at radius 3 is 2.19 bits per heavy atom. The van der Waals surface area contributed by atoms with Crippen molar-refractivity contribution in [2.75, 3.05) is 18.3 Å². The molecule has 6 heteroatoms. The average Bonchev–Trinajstić information content (AvgIpc) is 2.16. The van der Waals surface area contributed by atoms with Gasteiger partial charge in [-0.15, -0.1) is 11.6 Å². The van der Waals surface area contributed by atoms with Gasteiger partial charge in [0.2, 0.25) is 10.0 Å². The van der Waals surface area contributed by atoms with Crippen molar-refractivity contribution >= 4 is 21.6 Å². The van der Waals surface area contributed by atoms with Gasteiger partial charge < -0.3 is 0 Å². The Morgan fingerprint density at radius 2 is 1.81 bits per heavy atom. The minimum atomic E-state index is -3.28. The smallest absolute Gasteiger partial charge is 0.225 e. The van der Waals surface area contributed by atoms with E-state index in [1.807, 2.05) is 0 Å². The second-order valence-corrected chi connectivity index (χ2v) is 7.61. The standard InChI is InChI=1S/C10H21ClN2O2S/c1-10(2,3)13-6-4-9(5-7-13)12-16(14,15)8-11/h9,12H,4-8H2,1-3H3. The Labute approximate surface area is 103 Å². The molecule has 0 aromatic heterocycles. The molecule has 1 fully saturated rings. The number of sulfonamides is 1. The lowest BCUT2D eigenvalue weighted by Crippen LogP contribution is -2.50. The van der Waals surface area contributed by atoms with Crippen molar-refractivity contribution in [2.24, 2.45) is 0 Å². The maximum atomic E-state index is 11.3. The monoisotopic (exact) mass is 268 g/mol. The van der Waals surface area contributed by atoms with Crippen LogP contribution in [0.1, 0.15) is 33.6 Å². The largest absolute Gasteiger partial charge is 0.298 e. The van der Waals surface area contributed by atoms with E-state index in [0.717, 1.165) is 25.9 Å². The van der Waals surface area contributed by atoms with Gasteiger partial charge in [-0.1, -0.05) is 0 Å². The first-order chi connectivity index (χ1) is 7.24. The number of piperidine rings is 1. The fourth-order valence-corrected chi connectivity index (χ4v) is 2.95. The molecule has 0 unspecified atom stereocenters. The van der Waals surface area contributed by atoms with Crippen LogP contribution in [-0.2, 0) is 10.0 Å². The van der Waals surface area contributed by atoms with Gasteiger partial charge in [-0.3, -0.25) is 4.90 Å². The molecule has 16 heavy (non-hydrogen) atoms. The van der Waals surface area contributed by atoms with Gasteiger partial charge in [0.15, 0.2) is 0 Å². The number of rotatable bonds is 3. The van der Waals surface area contributed by atoms with Crippen LogP contribution in [0.5, 0.6) is 0 Å². The second-order valence-electron chi connectivity index (χ2n) is 5.27. The van der Waals surface area contributed by atoms with Crippen LogP contribution >= 0.6 is 11.6 Å². The highest BCUT2D eigenvalue weighted by molar-refractivity contribution is 7.90. The molecule has 0 saturated carbocycles. The molecular formula is C10H21ClN2O2S. The number of hydrogen-bond donors (Lipinski definition) is 1. The third-order valence-corrected chi connectivity index (χ3v) is 4.78. The first-order valence-corrected chi connectivity index (χ1v) is 7.74. The fourth-order valence-electron chi connectivity index (χ4n) is 1.95. The summed E-state index contributed by atoms with van der Waals surface area (Å²) in [4.78, 5) is 2.37. The molecule has 1 heterocycles. The van der Waals surface area contributed by atoms with Crippen LogP contribution in [0.2, 0.25) is 0 Å². The molecular weight excluding hydrogens is 248 g/mol. The van der Waals surface area contributed by atoms with Gasteiger partial charge in [-0.25, -0.2) is 13.1 Å². The van der Waals surface area contributed by atoms with Gasteiger partial charge in [0.05, 0.1) is 0 Å². The average molecular weight is 269 g/mol. The van der Waals surface area contributed by atoms with Crippen molar-refractivity contribution in [3.8, 4) is 0 Å². The van der Waals surface area contributed by atoms with Crippen molar-refractivity contribution in [3.63, 3.8) is 0 Å². The van der Waals surface area contributed by atoms with E-state index in [9.17, 15) is 8.42 Å². The minimum absolute atomic E-state index is 0.0438. The van der Waals surface area contributed by atoms with Gasteiger partial charge in [-0.05, 0) is 33.6 Å². The summed E-state index contributed by atoms with van der Waals surface area (Å²) >= 11 is 5.35. The number of nitrogens with zero attached hydrogens (tertiary/aromatic N) is 1. The molecule has 0 bridgehead atoms. The van der Waals surface area contributed by atoms with E-state index < -0.39 is 10.0 Å². The molecule has 1 aliphatic rings. The molecule has 4 nitrogen and oxygen atoms in total. The molecule has 1 rings (SSSR count). The Morgan fingerprint density at radius 1 is 1.31 bits per heavy atom. The maximum Gasteiger partial charge on any atom is 0.225 e. The van der Waals surface area contributed by atoms with Gasteiger partial charge in [0, 0.05) is 24.7 Å². The Balaban J connectivity index is 2.44. The molecule has 1 aliphatic heterocycles. The number of alkyl halides is 1. The van der Waals surface area contributed by atoms with Gasteiger partial charge in [0.1, 0.15) is 5.21 Å². The molecule has 0 atom stereocenters. The summed E-state index contributed by atoms with van der Waals surface area (Å²) in [5, 5.41) is -0.355. The highest BCUT2D eigenvalue weighted by atomic mass is 35.5. The summed E-state index contributed by atoms with van der Waals surface area (Å²) < 4.78 is 25.2. The van der Waals surface area contributed by atoms with E-state index in [1.165, 1.54) is 0 Å². The van der Waals surface area contributed by atoms with Gasteiger partial charge in [0.25, 0.3) is 0 Å². The van der Waals surface area contributed by atoms with Crippen LogP contribution in [0.3, 0.4) is 0 Å². The number of nitrogens with one attached hydrogen (secondary N) is 1. The molecule has 0 spiro atoms. The molecule has 96 valence electrons. The van der Waals surface area contributed by atoms with Crippen molar-refractivity contribution in [1.29, 1.82) is 0 Å². The summed E-state index contributed by atoms with van der Waals surface area (Å²) in [6.45, 7) is 8.39. The van der Waals surface area contributed by atoms with E-state index in [4.69, 9.17) is 11.6 Å². The van der Waals surface area contributed by atoms with E-state index in [1.54, 1.807) is 0 Å². The predicted octanol–water partition coefficient (Wildman–Crippen LogP) is 1.37. The molecule has 0 aromatic rings. The van der Waals surface area contributed by atoms with Crippen molar-refractivity contribution < 1.29 is 8.42 Å². The van der Waals surface area contributed by atoms with Crippen molar-refractivity contribution in [1.82, 2.24) is 9.62 Å². The molecule has 1 N–H and O–H groups in total. The van der Waals surface area contributed by atoms with E-state index in [-0.39, 0.29) is 16.8 Å². The van der Waals surface area contributed by atoms with Crippen LogP contribution < -0.4 is 4.72 Å². The molecule has 0 aliphatic carbocycles. The summed E-state index contributed by atoms with van der Waals surface area (Å²) in [6.07, 6.45) is 1.71. The summed E-state index contributed by atoms with van der Waals surface area (Å²) in [6, 6.07) is 0.0438. The quantitative estimate of drug-likeness (QED) is 0.787. The van der Waals surface area contributed by atoms with Crippen LogP contribution in [0.15, 0.2) is 0 Å². The third kappa shape index (κ3) is 4.20. The third-order valence-electron chi connectivity index (χ3n) is 2.93. The fraction of sp³-hybridized carbons (Fsp3) is 1.00. The maximum absolute atomic E-state index is 11.3. The highest BCUT2D eigenvalue weighted by Crippen LogP contribution is 2.20. The zero-order valence-corrected chi connectivity index (χ0v) is 11.7. The van der Waals surface area contributed by atoms with E-state index in [2.05, 4.69) is 30.4 Å². The summed E-state index contributed by atoms with van der Waals surface area (Å²) in [5.74, 6) is 0. The number of halogens is 1. The lowest BCUT2D eigenvalue weighted by molar-refractivity contribution is 0.100. The second kappa shape index (κ2) is 5.21. The first kappa shape index (κ1) is 14.2. The zero-order valence-electron chi connectivity index (χ0n) is 10.2. The van der Waals surface area contributed by atoms with Gasteiger partial charge >= 0.3 is 0 Å². The summed E-state index contributed by atoms with van der Waals surface area (Å²) in [5.41, 5.74) is 0.163. The van der Waals surface area contributed by atoms with Crippen LogP contribution in [0, 0.1) is 0 Å². The normalized spacial score (nSPS) is 21.2. The van der Waals surface area contributed by atoms with Gasteiger partial charge in [-0.2, -0.15) is 0 Å². The van der Waals surface area contributed by atoms with Crippen molar-refractivity contribution in [3.05, 3.63) is 0 Å². The Hall–Kier alpha value is 0.160. The van der Waals surface area contributed by atoms with E-state index in [0.29, 0.717) is 0 Å². The van der Waals surface area contributed by atoms with Crippen LogP contribution in [0.4, 0.5) is 0 Å². The predicted molar refractivity (Wildman–Crippen MR) is 67.1 cm³/mol. The highest BCUT2D eigenvalue weighted by Gasteiger charge is 2.28. The Kier molecular flexibility index (Phi) is 4.63. The molecule has 1 saturated heterocycles. The van der Waals surface area contributed by atoms with Crippen LogP contribution in [-0.4, -0.2) is 43.2 Å². The topological polar surface area (TPSA) is 49.4 Å². The number of hydrogen-bond acceptors (Lipinski definition) is 3. The molecule has 0 aromatic carbocycles. The van der Waals surface area contributed by atoms with E-state index >= 15 is 0 Å². The lowest BCUT2D eigenvalue weighted by Gasteiger charge is -2.40. The Bertz CT molecular complexity index is 316.